The van der Waals surface area contributed by atoms with Gasteiger partial charge in [-0.1, -0.05) is 6.92 Å². The van der Waals surface area contributed by atoms with Crippen molar-refractivity contribution in [3.05, 3.63) is 0 Å². The molecule has 4 heteroatoms. The first-order chi connectivity index (χ1) is 3.18. The minimum Gasteiger partial charge on any atom is -2.00 e. The third kappa shape index (κ3) is 8.87. The molecule has 0 heterocycles. The van der Waals surface area contributed by atoms with Gasteiger partial charge in [-0.15, -0.1) is 0 Å². The van der Waals surface area contributed by atoms with Gasteiger partial charge in [-0.25, -0.2) is 0 Å². The van der Waals surface area contributed by atoms with Crippen LogP contribution in [0.1, 0.15) is 20.3 Å². The van der Waals surface area contributed by atoms with Crippen LogP contribution in [-0.2, 0) is 15.1 Å². The van der Waals surface area contributed by atoms with E-state index in [1.807, 2.05) is 0 Å². The smallest absolute Gasteiger partial charge is 2.00 e. The second kappa shape index (κ2) is 8.87. The zero-order valence-corrected chi connectivity index (χ0v) is 10.1. The maximum absolute atomic E-state index is 10.2. The van der Waals surface area contributed by atoms with E-state index in [1.165, 1.54) is 6.92 Å². The fraction of sp³-hybridized carbons (Fsp3) is 0.600. The molecule has 0 unspecified atom stereocenters. The minimum atomic E-state index is -0.345. The SMILES string of the molecule is CCC(=O)C(C)=O.[Ba+2].[O-2]. The Bertz CT molecular complexity index is 100. The summed E-state index contributed by atoms with van der Waals surface area (Å²) in [6, 6.07) is 0. The fourth-order valence-corrected chi connectivity index (χ4v) is 0.249. The fourth-order valence-electron chi connectivity index (χ4n) is 0.249. The van der Waals surface area contributed by atoms with Crippen LogP contribution in [0.2, 0.25) is 0 Å². The van der Waals surface area contributed by atoms with Crippen LogP contribution < -0.4 is 0 Å². The Labute approximate surface area is 94.6 Å². The second-order valence-electron chi connectivity index (χ2n) is 1.33. The maximum Gasteiger partial charge on any atom is 2.00 e. The summed E-state index contributed by atoms with van der Waals surface area (Å²) in [4.78, 5) is 20.2. The van der Waals surface area contributed by atoms with E-state index in [-0.39, 0.29) is 65.9 Å². The Balaban J connectivity index is -0.000000180. The largest absolute Gasteiger partial charge is 2.00 e. The van der Waals surface area contributed by atoms with E-state index in [0.29, 0.717) is 6.42 Å². The summed E-state index contributed by atoms with van der Waals surface area (Å²) < 4.78 is 0. The van der Waals surface area contributed by atoms with Crippen LogP contribution in [0.15, 0.2) is 0 Å². The number of ketones is 2. The number of carbonyl (C=O) groups is 2. The molecule has 0 bridgehead atoms. The van der Waals surface area contributed by atoms with Gasteiger partial charge >= 0.3 is 48.9 Å². The van der Waals surface area contributed by atoms with Crippen molar-refractivity contribution in [1.82, 2.24) is 0 Å². The normalized spacial score (nSPS) is 6.44. The Kier molecular flexibility index (Phi) is 16.2. The first-order valence-corrected chi connectivity index (χ1v) is 2.22. The van der Waals surface area contributed by atoms with Crippen LogP contribution in [0, 0.1) is 0 Å². The van der Waals surface area contributed by atoms with Crippen molar-refractivity contribution in [2.24, 2.45) is 0 Å². The van der Waals surface area contributed by atoms with Crippen LogP contribution in [0.5, 0.6) is 0 Å². The van der Waals surface area contributed by atoms with Crippen molar-refractivity contribution in [2.45, 2.75) is 20.3 Å². The molecule has 0 aromatic carbocycles. The van der Waals surface area contributed by atoms with Gasteiger partial charge in [-0.2, -0.15) is 0 Å². The van der Waals surface area contributed by atoms with E-state index in [2.05, 4.69) is 0 Å². The summed E-state index contributed by atoms with van der Waals surface area (Å²) >= 11 is 0. The molecule has 0 saturated carbocycles. The molecule has 0 amide bonds. The van der Waals surface area contributed by atoms with E-state index in [1.54, 1.807) is 6.92 Å². The number of rotatable bonds is 2. The number of Topliss-reactive ketones (excluding diaryl/α,β-unsaturated/α-hetero) is 2. The van der Waals surface area contributed by atoms with E-state index in [4.69, 9.17) is 0 Å². The molecule has 0 radical (unpaired) electrons. The van der Waals surface area contributed by atoms with Crippen molar-refractivity contribution in [3.63, 3.8) is 0 Å². The first kappa shape index (κ1) is 16.5. The molecule has 48 valence electrons. The average molecular weight is 253 g/mol. The van der Waals surface area contributed by atoms with Crippen molar-refractivity contribution in [3.8, 4) is 0 Å². The van der Waals surface area contributed by atoms with Gasteiger partial charge in [-0.05, 0) is 0 Å². The minimum absolute atomic E-state index is 0. The monoisotopic (exact) mass is 254 g/mol. The zero-order valence-electron chi connectivity index (χ0n) is 5.64. The van der Waals surface area contributed by atoms with Crippen molar-refractivity contribution < 1.29 is 15.1 Å². The quantitative estimate of drug-likeness (QED) is 0.516. The summed E-state index contributed by atoms with van der Waals surface area (Å²) in [7, 11) is 0. The van der Waals surface area contributed by atoms with E-state index >= 15 is 0 Å². The third-order valence-electron chi connectivity index (χ3n) is 0.714. The Hall–Kier alpha value is 0.871. The predicted octanol–water partition coefficient (Wildman–Crippen LogP) is 0.0549. The molecule has 0 aliphatic carbocycles. The number of hydrogen-bond donors (Lipinski definition) is 0. The van der Waals surface area contributed by atoms with Gasteiger partial charge in [-0.3, -0.25) is 9.59 Å². The molecule has 0 fully saturated rings. The second-order valence-corrected chi connectivity index (χ2v) is 1.33. The molecule has 0 rings (SSSR count). The molecule has 0 aromatic heterocycles. The molecule has 0 aliphatic rings. The van der Waals surface area contributed by atoms with Crippen LogP contribution >= 0.6 is 0 Å². The van der Waals surface area contributed by atoms with Gasteiger partial charge in [0.05, 0.1) is 0 Å². The Morgan fingerprint density at radius 2 is 1.67 bits per heavy atom. The number of hydrogen-bond acceptors (Lipinski definition) is 2. The molecule has 3 nitrogen and oxygen atoms in total. The molecule has 0 aliphatic heterocycles. The Morgan fingerprint density at radius 3 is 1.67 bits per heavy atom. The van der Waals surface area contributed by atoms with Crippen LogP contribution in [0.4, 0.5) is 0 Å². The zero-order chi connectivity index (χ0) is 5.86. The first-order valence-electron chi connectivity index (χ1n) is 2.22. The molecule has 0 atom stereocenters. The van der Waals surface area contributed by atoms with Crippen molar-refractivity contribution >= 4 is 60.4 Å². The summed E-state index contributed by atoms with van der Waals surface area (Å²) in [6.07, 6.45) is 0.329. The van der Waals surface area contributed by atoms with E-state index in [0.717, 1.165) is 0 Å². The molecule has 0 aromatic rings. The third-order valence-corrected chi connectivity index (χ3v) is 0.714. The van der Waals surface area contributed by atoms with Gasteiger partial charge < -0.3 is 5.48 Å². The van der Waals surface area contributed by atoms with Crippen LogP contribution in [0.3, 0.4) is 0 Å². The van der Waals surface area contributed by atoms with Gasteiger partial charge in [0, 0.05) is 13.3 Å². The summed E-state index contributed by atoms with van der Waals surface area (Å²) in [5.41, 5.74) is 0. The van der Waals surface area contributed by atoms with Gasteiger partial charge in [0.15, 0.2) is 11.6 Å². The standard InChI is InChI=1S/C5H8O2.Ba.O/c1-3-5(7)4(2)6;;/h3H2,1-2H3;;/q;+2;-2. The Morgan fingerprint density at radius 1 is 1.33 bits per heavy atom. The van der Waals surface area contributed by atoms with Gasteiger partial charge in [0.2, 0.25) is 0 Å². The average Bonchev–Trinajstić information content (AvgIpc) is 1.65. The topological polar surface area (TPSA) is 62.6 Å². The summed E-state index contributed by atoms with van der Waals surface area (Å²) in [5, 5.41) is 0. The van der Waals surface area contributed by atoms with Crippen molar-refractivity contribution in [1.29, 1.82) is 0 Å². The van der Waals surface area contributed by atoms with Gasteiger partial charge in [0.1, 0.15) is 0 Å². The van der Waals surface area contributed by atoms with E-state index in [9.17, 15) is 9.59 Å². The molecule has 0 spiro atoms. The summed E-state index contributed by atoms with van der Waals surface area (Å²) in [6.45, 7) is 2.95. The number of carbonyl (C=O) groups excluding carboxylic acids is 2. The molecule has 9 heavy (non-hydrogen) atoms. The molecular weight excluding hydrogens is 245 g/mol. The molecule has 0 saturated heterocycles. The summed E-state index contributed by atoms with van der Waals surface area (Å²) in [5.74, 6) is -0.637. The van der Waals surface area contributed by atoms with Crippen LogP contribution in [-0.4, -0.2) is 60.4 Å². The maximum atomic E-state index is 10.2. The predicted molar refractivity (Wildman–Crippen MR) is 32.4 cm³/mol. The van der Waals surface area contributed by atoms with E-state index < -0.39 is 0 Å². The van der Waals surface area contributed by atoms with Crippen molar-refractivity contribution in [2.75, 3.05) is 0 Å². The molecular formula is C5H8BaO3. The van der Waals surface area contributed by atoms with Gasteiger partial charge in [0.25, 0.3) is 0 Å². The molecule has 0 N–H and O–H groups in total. The van der Waals surface area contributed by atoms with Crippen LogP contribution in [0.25, 0.3) is 0 Å².